The first-order valence-corrected chi connectivity index (χ1v) is 16.0. The number of para-hydroxylation sites is 1. The first-order valence-electron chi connectivity index (χ1n) is 13.1. The van der Waals surface area contributed by atoms with Gasteiger partial charge in [-0.15, -0.1) is 10.2 Å². The zero-order valence-corrected chi connectivity index (χ0v) is 31.5. The maximum Gasteiger partial charge on any atom is 0.315 e. The summed E-state index contributed by atoms with van der Waals surface area (Å²) in [4.78, 5) is 11.9. The Morgan fingerprint density at radius 2 is 1.56 bits per heavy atom. The van der Waals surface area contributed by atoms with Crippen molar-refractivity contribution in [2.45, 2.75) is 16.7 Å². The number of phenolic OH excluding ortho intramolecular Hbond substituents is 1. The largest absolute Gasteiger partial charge is 0.505 e. The zero-order chi connectivity index (χ0) is 33.2. The van der Waals surface area contributed by atoms with Gasteiger partial charge >= 0.3 is 6.08 Å². The van der Waals surface area contributed by atoms with E-state index in [0.717, 1.165) is 23.9 Å². The molecule has 20 heteroatoms. The fraction of sp³-hybridized carbons (Fsp3) is 0.107. The van der Waals surface area contributed by atoms with Gasteiger partial charge in [0.2, 0.25) is 11.9 Å². The van der Waals surface area contributed by atoms with Crippen LogP contribution in [0.4, 0.5) is 39.0 Å². The first-order chi connectivity index (χ1) is 21.8. The van der Waals surface area contributed by atoms with Crippen molar-refractivity contribution in [2.24, 2.45) is 10.2 Å². The van der Waals surface area contributed by atoms with Gasteiger partial charge in [0, 0.05) is 88.5 Å². The summed E-state index contributed by atoms with van der Waals surface area (Å²) in [6, 6.07) is 17.7. The number of fused-ring (bicyclic) bond motifs is 1. The van der Waals surface area contributed by atoms with Crippen LogP contribution in [0.2, 0.25) is 0 Å². The normalized spacial score (nSPS) is 11.5. The molecule has 0 atom stereocenters. The van der Waals surface area contributed by atoms with E-state index in [0.29, 0.717) is 6.54 Å². The van der Waals surface area contributed by atoms with Crippen molar-refractivity contribution < 1.29 is 40.2 Å². The number of aromatic nitrogens is 3. The maximum atomic E-state index is 14.5. The number of rotatable bonds is 10. The quantitative estimate of drug-likeness (QED) is 0.0858. The maximum absolute atomic E-state index is 14.5. The summed E-state index contributed by atoms with van der Waals surface area (Å²) in [6.07, 6.45) is -1.06. The number of hydrogen-bond donors (Lipinski definition) is 4. The van der Waals surface area contributed by atoms with Gasteiger partial charge in [-0.1, -0.05) is 18.2 Å². The number of aromatic hydroxyl groups is 1. The second-order valence-corrected chi connectivity index (χ2v) is 12.2. The molecule has 0 bridgehead atoms. The molecule has 240 valence electrons. The molecular formula is C28H24FN7Na2O8S2. The second kappa shape index (κ2) is 15.9. The van der Waals surface area contributed by atoms with Gasteiger partial charge in [0.25, 0.3) is 20.2 Å². The fourth-order valence-corrected chi connectivity index (χ4v) is 5.73. The number of nitrogens with zero attached hydrogens (tertiary/aromatic N) is 6. The van der Waals surface area contributed by atoms with Gasteiger partial charge in [0.15, 0.2) is 5.75 Å². The monoisotopic (exact) mass is 715 g/mol. The van der Waals surface area contributed by atoms with Crippen LogP contribution in [0.25, 0.3) is 10.8 Å². The Kier molecular flexibility index (Phi) is 13.0. The van der Waals surface area contributed by atoms with Gasteiger partial charge in [0.1, 0.15) is 26.9 Å². The number of benzene rings is 4. The fourth-order valence-electron chi connectivity index (χ4n) is 4.43. The molecule has 1 aromatic heterocycles. The molecular weight excluding hydrogens is 691 g/mol. The van der Waals surface area contributed by atoms with Gasteiger partial charge < -0.3 is 20.1 Å². The summed E-state index contributed by atoms with van der Waals surface area (Å²) in [5, 5.41) is 21.4. The summed E-state index contributed by atoms with van der Waals surface area (Å²) in [5.74, 6) is -0.801. The third-order valence-corrected chi connectivity index (χ3v) is 8.26. The Morgan fingerprint density at radius 3 is 2.19 bits per heavy atom. The number of nitrogens with one attached hydrogen (secondary N) is 1. The number of anilines is 4. The van der Waals surface area contributed by atoms with E-state index in [9.17, 15) is 35.4 Å². The van der Waals surface area contributed by atoms with Gasteiger partial charge in [-0.25, -0.2) is 0 Å². The summed E-state index contributed by atoms with van der Waals surface area (Å²) in [5.41, 5.74) is -0.161. The van der Waals surface area contributed by atoms with Gasteiger partial charge in [-0.05, 0) is 60.8 Å². The van der Waals surface area contributed by atoms with Crippen molar-refractivity contribution in [3.8, 4) is 11.5 Å². The summed E-state index contributed by atoms with van der Waals surface area (Å²) >= 11 is 0. The molecule has 48 heavy (non-hydrogen) atoms. The minimum absolute atomic E-state index is 0. The Labute approximate surface area is 318 Å². The van der Waals surface area contributed by atoms with E-state index in [-0.39, 0.29) is 93.2 Å². The van der Waals surface area contributed by atoms with Crippen LogP contribution in [0.1, 0.15) is 6.92 Å². The second-order valence-electron chi connectivity index (χ2n) is 9.42. The summed E-state index contributed by atoms with van der Waals surface area (Å²) < 4.78 is 87.4. The summed E-state index contributed by atoms with van der Waals surface area (Å²) in [7, 11) is -8.59. The van der Waals surface area contributed by atoms with Gasteiger partial charge in [-0.2, -0.15) is 36.2 Å². The molecule has 0 saturated heterocycles. The Morgan fingerprint density at radius 1 is 0.875 bits per heavy atom. The van der Waals surface area contributed by atoms with Crippen molar-refractivity contribution in [1.29, 1.82) is 0 Å². The van der Waals surface area contributed by atoms with Crippen molar-refractivity contribution >= 4 is 125 Å². The molecule has 0 fully saturated rings. The van der Waals surface area contributed by atoms with E-state index in [2.05, 4.69) is 30.5 Å². The molecule has 0 aliphatic heterocycles. The topological polar surface area (TPSA) is 217 Å². The van der Waals surface area contributed by atoms with E-state index in [4.69, 9.17) is 4.74 Å². The molecule has 0 spiro atoms. The van der Waals surface area contributed by atoms with E-state index in [1.54, 1.807) is 17.0 Å². The SMILES string of the molecule is CCN(c1ccccc1)c1nc(F)nc(Nc2ccc3c(O)c(N=Nc4ccc(OC)cc4S(=O)(=O)O)c(S(=O)(=O)O)cc3c2)n1.[Na].[Na]. The molecule has 0 saturated carbocycles. The number of azo groups is 1. The molecule has 0 unspecified atom stereocenters. The van der Waals surface area contributed by atoms with Crippen LogP contribution in [0.3, 0.4) is 0 Å². The minimum Gasteiger partial charge on any atom is -0.505 e. The number of phenols is 1. The van der Waals surface area contributed by atoms with E-state index < -0.39 is 53.2 Å². The number of methoxy groups -OCH3 is 1. The van der Waals surface area contributed by atoms with Crippen molar-refractivity contribution in [1.82, 2.24) is 15.0 Å². The Balaban J connectivity index is 0.00000312. The zero-order valence-electron chi connectivity index (χ0n) is 25.9. The third kappa shape index (κ3) is 8.83. The van der Waals surface area contributed by atoms with Crippen LogP contribution in [0.5, 0.6) is 11.5 Å². The standard InChI is InChI=1S/C28H24FN7O8S2.2Na/c1-3-36(18-7-5-4-6-8-18)28-32-26(29)31-27(33-28)30-17-9-11-20-16(13-17)14-23(46(41,42)43)24(25(20)37)35-34-21-12-10-19(44-2)15-22(21)45(38,39)40;;/h4-15,37H,3H2,1-2H3,(H,38,39,40)(H,41,42,43)(H,30,31,32,33);;. The van der Waals surface area contributed by atoms with Gasteiger partial charge in [0.05, 0.1) is 7.11 Å². The molecule has 1 heterocycles. The Hall–Kier alpha value is -3.30. The van der Waals surface area contributed by atoms with E-state index in [1.165, 1.54) is 31.4 Å². The van der Waals surface area contributed by atoms with Gasteiger partial charge in [-0.3, -0.25) is 9.11 Å². The molecule has 2 radical (unpaired) electrons. The predicted molar refractivity (Wildman–Crippen MR) is 176 cm³/mol. The summed E-state index contributed by atoms with van der Waals surface area (Å²) in [6.45, 7) is 2.25. The number of ether oxygens (including phenoxy) is 1. The molecule has 5 aromatic rings. The molecule has 4 aromatic carbocycles. The molecule has 5 rings (SSSR count). The van der Waals surface area contributed by atoms with Crippen molar-refractivity contribution in [3.05, 3.63) is 78.9 Å². The third-order valence-electron chi connectivity index (χ3n) is 6.51. The van der Waals surface area contributed by atoms with Crippen LogP contribution in [0, 0.1) is 6.08 Å². The van der Waals surface area contributed by atoms with Crippen LogP contribution >= 0.6 is 0 Å². The van der Waals surface area contributed by atoms with Crippen LogP contribution < -0.4 is 15.0 Å². The first kappa shape index (κ1) is 39.1. The molecule has 4 N–H and O–H groups in total. The average Bonchev–Trinajstić information content (AvgIpc) is 3.00. The van der Waals surface area contributed by atoms with E-state index in [1.807, 2.05) is 25.1 Å². The number of halogens is 1. The molecule has 0 aliphatic carbocycles. The average molecular weight is 716 g/mol. The van der Waals surface area contributed by atoms with Crippen molar-refractivity contribution in [3.63, 3.8) is 0 Å². The van der Waals surface area contributed by atoms with Crippen molar-refractivity contribution in [2.75, 3.05) is 23.9 Å². The Bertz CT molecular complexity index is 2220. The van der Waals surface area contributed by atoms with Crippen LogP contribution in [-0.2, 0) is 20.2 Å². The molecule has 0 aliphatic rings. The molecule has 0 amide bonds. The minimum atomic E-state index is -5.03. The molecule has 15 nitrogen and oxygen atoms in total. The predicted octanol–water partition coefficient (Wildman–Crippen LogP) is 4.93. The van der Waals surface area contributed by atoms with E-state index >= 15 is 0 Å². The van der Waals surface area contributed by atoms with Crippen LogP contribution in [0.15, 0.2) is 92.8 Å². The number of hydrogen-bond acceptors (Lipinski definition) is 13. The smallest absolute Gasteiger partial charge is 0.315 e. The van der Waals surface area contributed by atoms with Crippen LogP contribution in [-0.4, -0.2) is 119 Å².